The standard InChI is InChI=1S/C25H32BrNO5S/c1-5-31-22-13-11-18(26)15-24(22)33(29,30)27-21-9-7-6-8-20(21)25(28)32-23-14-17(4)10-12-19(23)16(2)3/h6-9,11,13,15-17,19,23,27H,5,10,12,14H2,1-4H3/t17-,19+,23-/m1/s1. The molecule has 2 aromatic carbocycles. The van der Waals surface area contributed by atoms with Crippen LogP contribution in [0.3, 0.4) is 0 Å². The van der Waals surface area contributed by atoms with Crippen LogP contribution in [0.2, 0.25) is 0 Å². The predicted octanol–water partition coefficient (Wildman–Crippen LogP) is 6.27. The number of halogens is 1. The zero-order chi connectivity index (χ0) is 24.2. The van der Waals surface area contributed by atoms with E-state index in [0.29, 0.717) is 28.8 Å². The summed E-state index contributed by atoms with van der Waals surface area (Å²) in [6.07, 6.45) is 2.79. The van der Waals surface area contributed by atoms with Gasteiger partial charge in [-0.05, 0) is 67.9 Å². The molecule has 0 bridgehead atoms. The molecule has 1 aliphatic carbocycles. The molecule has 2 aromatic rings. The van der Waals surface area contributed by atoms with Crippen molar-refractivity contribution in [1.82, 2.24) is 0 Å². The highest BCUT2D eigenvalue weighted by atomic mass is 79.9. The number of hydrogen-bond acceptors (Lipinski definition) is 5. The predicted molar refractivity (Wildman–Crippen MR) is 133 cm³/mol. The van der Waals surface area contributed by atoms with Gasteiger partial charge in [0.2, 0.25) is 0 Å². The molecular formula is C25H32BrNO5S. The first-order valence-electron chi connectivity index (χ1n) is 11.4. The largest absolute Gasteiger partial charge is 0.492 e. The fourth-order valence-electron chi connectivity index (χ4n) is 4.37. The molecule has 180 valence electrons. The maximum atomic E-state index is 13.2. The number of anilines is 1. The smallest absolute Gasteiger partial charge is 0.340 e. The van der Waals surface area contributed by atoms with Crippen LogP contribution in [-0.4, -0.2) is 27.1 Å². The number of para-hydroxylation sites is 1. The molecule has 0 saturated heterocycles. The molecule has 33 heavy (non-hydrogen) atoms. The van der Waals surface area contributed by atoms with Gasteiger partial charge >= 0.3 is 5.97 Å². The number of rotatable bonds is 8. The topological polar surface area (TPSA) is 81.7 Å². The van der Waals surface area contributed by atoms with E-state index < -0.39 is 16.0 Å². The third-order valence-corrected chi connectivity index (χ3v) is 7.99. The van der Waals surface area contributed by atoms with Crippen molar-refractivity contribution in [2.24, 2.45) is 17.8 Å². The van der Waals surface area contributed by atoms with Gasteiger partial charge in [0.25, 0.3) is 10.0 Å². The highest BCUT2D eigenvalue weighted by Gasteiger charge is 2.34. The number of carbonyl (C=O) groups excluding carboxylic acids is 1. The maximum absolute atomic E-state index is 13.2. The van der Waals surface area contributed by atoms with Crippen LogP contribution < -0.4 is 9.46 Å². The molecule has 6 nitrogen and oxygen atoms in total. The first-order valence-corrected chi connectivity index (χ1v) is 13.6. The van der Waals surface area contributed by atoms with E-state index in [1.54, 1.807) is 43.3 Å². The molecule has 0 spiro atoms. The number of nitrogens with one attached hydrogen (secondary N) is 1. The van der Waals surface area contributed by atoms with Gasteiger partial charge in [-0.2, -0.15) is 0 Å². The lowest BCUT2D eigenvalue weighted by atomic mass is 9.75. The van der Waals surface area contributed by atoms with E-state index in [1.807, 2.05) is 0 Å². The molecule has 0 heterocycles. The van der Waals surface area contributed by atoms with E-state index in [-0.39, 0.29) is 28.0 Å². The zero-order valence-corrected chi connectivity index (χ0v) is 21.9. The van der Waals surface area contributed by atoms with E-state index in [9.17, 15) is 13.2 Å². The Labute approximate surface area is 205 Å². The Bertz CT molecular complexity index is 1090. The summed E-state index contributed by atoms with van der Waals surface area (Å²) in [6, 6.07) is 11.3. The van der Waals surface area contributed by atoms with Crippen LogP contribution in [0.5, 0.6) is 5.75 Å². The third-order valence-electron chi connectivity index (χ3n) is 6.11. The molecule has 0 unspecified atom stereocenters. The van der Waals surface area contributed by atoms with Crippen molar-refractivity contribution >= 4 is 37.6 Å². The number of ether oxygens (including phenoxy) is 2. The Hall–Kier alpha value is -2.06. The Morgan fingerprint density at radius 2 is 1.91 bits per heavy atom. The lowest BCUT2D eigenvalue weighted by molar-refractivity contribution is -0.0173. The van der Waals surface area contributed by atoms with Crippen molar-refractivity contribution in [3.63, 3.8) is 0 Å². The average molecular weight is 539 g/mol. The summed E-state index contributed by atoms with van der Waals surface area (Å²) in [7, 11) is -4.02. The van der Waals surface area contributed by atoms with Gasteiger partial charge in [0.05, 0.1) is 17.9 Å². The third kappa shape index (κ3) is 6.29. The number of hydrogen-bond donors (Lipinski definition) is 1. The molecule has 3 rings (SSSR count). The molecule has 1 fully saturated rings. The number of sulfonamides is 1. The molecule has 3 atom stereocenters. The van der Waals surface area contributed by atoms with Crippen LogP contribution in [0, 0.1) is 17.8 Å². The van der Waals surface area contributed by atoms with Gasteiger partial charge in [-0.25, -0.2) is 13.2 Å². The summed E-state index contributed by atoms with van der Waals surface area (Å²) in [6.45, 7) is 8.58. The van der Waals surface area contributed by atoms with Crippen LogP contribution in [-0.2, 0) is 14.8 Å². The SMILES string of the molecule is CCOc1ccc(Br)cc1S(=O)(=O)Nc1ccccc1C(=O)O[C@@H]1C[C@H](C)CC[C@H]1C(C)C. The van der Waals surface area contributed by atoms with Gasteiger partial charge in [-0.3, -0.25) is 4.72 Å². The first kappa shape index (κ1) is 25.6. The number of carbonyl (C=O) groups is 1. The second kappa shape index (κ2) is 10.9. The van der Waals surface area contributed by atoms with E-state index in [4.69, 9.17) is 9.47 Å². The van der Waals surface area contributed by atoms with Crippen molar-refractivity contribution in [3.8, 4) is 5.75 Å². The van der Waals surface area contributed by atoms with Gasteiger partial charge in [0.15, 0.2) is 0 Å². The minimum absolute atomic E-state index is 0.0112. The van der Waals surface area contributed by atoms with E-state index in [2.05, 4.69) is 41.4 Å². The molecule has 0 amide bonds. The van der Waals surface area contributed by atoms with Crippen LogP contribution in [0.4, 0.5) is 5.69 Å². The van der Waals surface area contributed by atoms with Crippen molar-refractivity contribution in [2.45, 2.75) is 58.0 Å². The summed E-state index contributed by atoms with van der Waals surface area (Å²) in [5.74, 6) is 0.906. The lowest BCUT2D eigenvalue weighted by Crippen LogP contribution is -2.36. The lowest BCUT2D eigenvalue weighted by Gasteiger charge is -2.36. The fraction of sp³-hybridized carbons (Fsp3) is 0.480. The normalized spacial score (nSPS) is 21.0. The van der Waals surface area contributed by atoms with Gasteiger partial charge in [0, 0.05) is 4.47 Å². The molecule has 0 radical (unpaired) electrons. The van der Waals surface area contributed by atoms with Crippen molar-refractivity contribution in [2.75, 3.05) is 11.3 Å². The van der Waals surface area contributed by atoms with Gasteiger partial charge in [-0.15, -0.1) is 0 Å². The molecule has 0 aromatic heterocycles. The van der Waals surface area contributed by atoms with E-state index in [1.165, 1.54) is 6.07 Å². The van der Waals surface area contributed by atoms with Gasteiger partial charge in [0.1, 0.15) is 16.7 Å². The Morgan fingerprint density at radius 3 is 2.61 bits per heavy atom. The van der Waals surface area contributed by atoms with Crippen molar-refractivity contribution in [3.05, 3.63) is 52.5 Å². The summed E-state index contributed by atoms with van der Waals surface area (Å²) in [5, 5.41) is 0. The highest BCUT2D eigenvalue weighted by molar-refractivity contribution is 9.10. The van der Waals surface area contributed by atoms with E-state index >= 15 is 0 Å². The molecule has 0 aliphatic heterocycles. The average Bonchev–Trinajstić information content (AvgIpc) is 2.75. The van der Waals surface area contributed by atoms with Gasteiger partial charge < -0.3 is 9.47 Å². The zero-order valence-electron chi connectivity index (χ0n) is 19.5. The Kier molecular flexibility index (Phi) is 8.45. The van der Waals surface area contributed by atoms with Gasteiger partial charge in [-0.1, -0.05) is 55.3 Å². The van der Waals surface area contributed by atoms with Crippen LogP contribution in [0.25, 0.3) is 0 Å². The minimum atomic E-state index is -4.02. The molecule has 1 saturated carbocycles. The second-order valence-corrected chi connectivity index (χ2v) is 11.5. The molecule has 8 heteroatoms. The molecular weight excluding hydrogens is 506 g/mol. The Balaban J connectivity index is 1.88. The highest BCUT2D eigenvalue weighted by Crippen LogP contribution is 2.36. The monoisotopic (exact) mass is 537 g/mol. The minimum Gasteiger partial charge on any atom is -0.492 e. The van der Waals surface area contributed by atoms with Crippen molar-refractivity contribution in [1.29, 1.82) is 0 Å². The summed E-state index contributed by atoms with van der Waals surface area (Å²) < 4.78 is 41.1. The summed E-state index contributed by atoms with van der Waals surface area (Å²) in [4.78, 5) is 13.2. The number of benzene rings is 2. The van der Waals surface area contributed by atoms with Crippen LogP contribution in [0.1, 0.15) is 57.3 Å². The first-order chi connectivity index (χ1) is 15.6. The number of esters is 1. The van der Waals surface area contributed by atoms with E-state index in [0.717, 1.165) is 19.3 Å². The summed E-state index contributed by atoms with van der Waals surface area (Å²) >= 11 is 3.32. The molecule has 1 N–H and O–H groups in total. The quantitative estimate of drug-likeness (QED) is 0.401. The Morgan fingerprint density at radius 1 is 1.18 bits per heavy atom. The maximum Gasteiger partial charge on any atom is 0.340 e. The van der Waals surface area contributed by atoms with Crippen LogP contribution >= 0.6 is 15.9 Å². The fourth-order valence-corrected chi connectivity index (χ4v) is 6.13. The van der Waals surface area contributed by atoms with Crippen molar-refractivity contribution < 1.29 is 22.7 Å². The second-order valence-electron chi connectivity index (χ2n) is 8.95. The summed E-state index contributed by atoms with van der Waals surface area (Å²) in [5.41, 5.74) is 0.365. The molecule has 1 aliphatic rings. The van der Waals surface area contributed by atoms with Crippen LogP contribution in [0.15, 0.2) is 51.8 Å².